The van der Waals surface area contributed by atoms with Gasteiger partial charge in [-0.1, -0.05) is 22.8 Å². The Morgan fingerprint density at radius 1 is 1.23 bits per heavy atom. The monoisotopic (exact) mass is 321 g/mol. The van der Waals surface area contributed by atoms with Crippen LogP contribution < -0.4 is 0 Å². The lowest BCUT2D eigenvalue weighted by molar-refractivity contribution is 0.261. The van der Waals surface area contributed by atoms with E-state index in [-0.39, 0.29) is 10.8 Å². The number of rotatable bonds is 3. The Kier molecular flexibility index (Phi) is 4.10. The first-order valence-corrected chi connectivity index (χ1v) is 8.81. The summed E-state index contributed by atoms with van der Waals surface area (Å²) in [5.41, 5.74) is 9.86. The molecule has 118 valence electrons. The van der Waals surface area contributed by atoms with Crippen LogP contribution in [0.5, 0.6) is 0 Å². The first-order valence-electron chi connectivity index (χ1n) is 7.37. The fourth-order valence-electron chi connectivity index (χ4n) is 3.23. The topological polar surface area (TPSA) is 89.4 Å². The maximum absolute atomic E-state index is 12.9. The van der Waals surface area contributed by atoms with Crippen LogP contribution in [0.3, 0.4) is 0 Å². The van der Waals surface area contributed by atoms with E-state index >= 15 is 0 Å². The van der Waals surface area contributed by atoms with Crippen molar-refractivity contribution in [1.29, 1.82) is 0 Å². The quantitative estimate of drug-likeness (QED) is 0.484. The van der Waals surface area contributed by atoms with Crippen LogP contribution in [0.4, 0.5) is 0 Å². The van der Waals surface area contributed by atoms with E-state index in [9.17, 15) is 8.42 Å². The summed E-state index contributed by atoms with van der Waals surface area (Å²) in [5, 5.41) is 3.81. The molecule has 3 atom stereocenters. The fourth-order valence-corrected chi connectivity index (χ4v) is 4.80. The van der Waals surface area contributed by atoms with E-state index in [4.69, 9.17) is 5.53 Å². The highest BCUT2D eigenvalue weighted by atomic mass is 32.2. The minimum Gasteiger partial charge on any atom is -0.302 e. The normalized spacial score (nSPS) is 28.9. The van der Waals surface area contributed by atoms with Crippen LogP contribution in [0.15, 0.2) is 34.3 Å². The molecule has 1 aromatic rings. The highest BCUT2D eigenvalue weighted by molar-refractivity contribution is 7.89. The van der Waals surface area contributed by atoms with Gasteiger partial charge in [0.1, 0.15) is 6.17 Å². The molecule has 3 rings (SSSR count). The first-order chi connectivity index (χ1) is 10.5. The Morgan fingerprint density at radius 2 is 1.95 bits per heavy atom. The molecule has 0 N–H and O–H groups in total. The maximum atomic E-state index is 12.9. The molecular formula is C14H19N5O2S. The van der Waals surface area contributed by atoms with Gasteiger partial charge in [0.2, 0.25) is 10.0 Å². The number of hydrogen-bond donors (Lipinski definition) is 0. The van der Waals surface area contributed by atoms with Gasteiger partial charge in [0.25, 0.3) is 0 Å². The number of azide groups is 1. The zero-order valence-corrected chi connectivity index (χ0v) is 13.3. The third-order valence-electron chi connectivity index (χ3n) is 4.46. The molecule has 0 saturated carbocycles. The standard InChI is InChI=1S/C14H19N5O2S/c1-11-2-4-13(5-3-11)22(20,21)19-9-8-18-7-6-12(10-18)14(19)16-17-15/h2-5,12,14H,6-10H2,1H3/t12-,14+/m1/s1. The lowest BCUT2D eigenvalue weighted by atomic mass is 10.1. The van der Waals surface area contributed by atoms with E-state index in [0.29, 0.717) is 13.1 Å². The molecule has 22 heavy (non-hydrogen) atoms. The van der Waals surface area contributed by atoms with Gasteiger partial charge in [0.15, 0.2) is 0 Å². The van der Waals surface area contributed by atoms with Crippen molar-refractivity contribution in [1.82, 2.24) is 9.21 Å². The third kappa shape index (κ3) is 2.70. The van der Waals surface area contributed by atoms with E-state index in [0.717, 1.165) is 25.1 Å². The third-order valence-corrected chi connectivity index (χ3v) is 6.34. The number of aryl methyl sites for hydroxylation is 1. The zero-order chi connectivity index (χ0) is 15.7. The summed E-state index contributed by atoms with van der Waals surface area (Å²) in [4.78, 5) is 5.37. The second kappa shape index (κ2) is 5.89. The Balaban J connectivity index is 1.99. The molecule has 2 fully saturated rings. The molecule has 2 heterocycles. The summed E-state index contributed by atoms with van der Waals surface area (Å²) in [6.45, 7) is 4.69. The molecule has 2 aliphatic rings. The average molecular weight is 321 g/mol. The molecule has 1 unspecified atom stereocenters. The van der Waals surface area contributed by atoms with Gasteiger partial charge in [-0.25, -0.2) is 8.42 Å². The van der Waals surface area contributed by atoms with Crippen molar-refractivity contribution in [3.63, 3.8) is 0 Å². The summed E-state index contributed by atoms with van der Waals surface area (Å²) < 4.78 is 27.3. The summed E-state index contributed by atoms with van der Waals surface area (Å²) in [6.07, 6.45) is 0.229. The first kappa shape index (κ1) is 15.3. The highest BCUT2D eigenvalue weighted by Gasteiger charge is 2.41. The molecular weight excluding hydrogens is 302 g/mol. The van der Waals surface area contributed by atoms with Crippen molar-refractivity contribution in [2.24, 2.45) is 11.0 Å². The van der Waals surface area contributed by atoms with Gasteiger partial charge in [-0.2, -0.15) is 4.31 Å². The predicted octanol–water partition coefficient (Wildman–Crippen LogP) is 1.96. The average Bonchev–Trinajstić information content (AvgIpc) is 2.86. The Labute approximate surface area is 130 Å². The van der Waals surface area contributed by atoms with E-state index < -0.39 is 16.2 Å². The van der Waals surface area contributed by atoms with Crippen LogP contribution in [-0.4, -0.2) is 50.0 Å². The van der Waals surface area contributed by atoms with E-state index in [1.165, 1.54) is 4.31 Å². The second-order valence-corrected chi connectivity index (χ2v) is 7.79. The van der Waals surface area contributed by atoms with E-state index in [2.05, 4.69) is 14.9 Å². The van der Waals surface area contributed by atoms with Gasteiger partial charge < -0.3 is 4.90 Å². The molecule has 2 bridgehead atoms. The van der Waals surface area contributed by atoms with Crippen molar-refractivity contribution in [3.05, 3.63) is 40.3 Å². The van der Waals surface area contributed by atoms with Crippen LogP contribution in [0.1, 0.15) is 12.0 Å². The van der Waals surface area contributed by atoms with Crippen LogP contribution in [0, 0.1) is 12.8 Å². The summed E-state index contributed by atoms with van der Waals surface area (Å²) in [6, 6.07) is 6.79. The zero-order valence-electron chi connectivity index (χ0n) is 12.5. The number of sulfonamides is 1. The molecule has 0 aromatic heterocycles. The molecule has 2 saturated heterocycles. The molecule has 0 amide bonds. The Bertz CT molecular complexity index is 696. The predicted molar refractivity (Wildman–Crippen MR) is 82.6 cm³/mol. The summed E-state index contributed by atoms with van der Waals surface area (Å²) >= 11 is 0. The van der Waals surface area contributed by atoms with Crippen LogP contribution in [-0.2, 0) is 10.0 Å². The van der Waals surface area contributed by atoms with Crippen molar-refractivity contribution in [2.75, 3.05) is 26.2 Å². The summed E-state index contributed by atoms with van der Waals surface area (Å²) in [7, 11) is -3.65. The van der Waals surface area contributed by atoms with Crippen molar-refractivity contribution < 1.29 is 8.42 Å². The number of nitrogens with zero attached hydrogens (tertiary/aromatic N) is 5. The van der Waals surface area contributed by atoms with E-state index in [1.807, 2.05) is 6.92 Å². The molecule has 0 radical (unpaired) electrons. The Morgan fingerprint density at radius 3 is 2.64 bits per heavy atom. The lowest BCUT2D eigenvalue weighted by Crippen LogP contribution is -2.44. The highest BCUT2D eigenvalue weighted by Crippen LogP contribution is 2.31. The van der Waals surface area contributed by atoms with Crippen LogP contribution >= 0.6 is 0 Å². The maximum Gasteiger partial charge on any atom is 0.243 e. The van der Waals surface area contributed by atoms with Gasteiger partial charge in [-0.15, -0.1) is 0 Å². The molecule has 0 spiro atoms. The lowest BCUT2D eigenvalue weighted by Gasteiger charge is -2.30. The molecule has 2 aliphatic heterocycles. The van der Waals surface area contributed by atoms with Gasteiger partial charge in [-0.05, 0) is 43.5 Å². The fraction of sp³-hybridized carbons (Fsp3) is 0.571. The molecule has 7 nitrogen and oxygen atoms in total. The SMILES string of the molecule is Cc1ccc(S(=O)(=O)N2CCN3CC[C@H](C3)[C@H]2N=[N+]=[N-])cc1. The second-order valence-electron chi connectivity index (χ2n) is 5.90. The molecule has 8 heteroatoms. The Hall–Kier alpha value is -1.60. The minimum atomic E-state index is -3.65. The van der Waals surface area contributed by atoms with Crippen LogP contribution in [0.25, 0.3) is 10.4 Å². The van der Waals surface area contributed by atoms with Crippen molar-refractivity contribution in [3.8, 4) is 0 Å². The van der Waals surface area contributed by atoms with Gasteiger partial charge in [0, 0.05) is 24.5 Å². The van der Waals surface area contributed by atoms with Crippen LogP contribution in [0.2, 0.25) is 0 Å². The molecule has 1 aromatic carbocycles. The minimum absolute atomic E-state index is 0.0682. The van der Waals surface area contributed by atoms with Crippen molar-refractivity contribution >= 4 is 10.0 Å². The van der Waals surface area contributed by atoms with E-state index in [1.54, 1.807) is 24.3 Å². The molecule has 0 aliphatic carbocycles. The van der Waals surface area contributed by atoms with Gasteiger partial charge >= 0.3 is 0 Å². The number of benzene rings is 1. The largest absolute Gasteiger partial charge is 0.302 e. The van der Waals surface area contributed by atoms with Crippen molar-refractivity contribution in [2.45, 2.75) is 24.4 Å². The smallest absolute Gasteiger partial charge is 0.243 e. The number of fused-ring (bicyclic) bond motifs is 2. The summed E-state index contributed by atoms with van der Waals surface area (Å²) in [5.74, 6) is 0.0682. The van der Waals surface area contributed by atoms with Gasteiger partial charge in [0.05, 0.1) is 4.90 Å². The number of hydrogen-bond acceptors (Lipinski definition) is 4. The van der Waals surface area contributed by atoms with Gasteiger partial charge in [-0.3, -0.25) is 0 Å².